The highest BCUT2D eigenvalue weighted by Gasteiger charge is 2.21. The number of benzene rings is 1. The van der Waals surface area contributed by atoms with E-state index in [0.717, 1.165) is 11.1 Å². The Hall–Kier alpha value is -4.33. The molecular formula is C27H26N4O4. The van der Waals surface area contributed by atoms with Crippen molar-refractivity contribution in [2.45, 2.75) is 33.7 Å². The van der Waals surface area contributed by atoms with E-state index in [4.69, 9.17) is 9.72 Å². The Labute approximate surface area is 201 Å². The number of ether oxygens (including phenoxy) is 1. The van der Waals surface area contributed by atoms with Crippen molar-refractivity contribution >= 4 is 34.6 Å². The number of aryl methyl sites for hydroxylation is 1. The van der Waals surface area contributed by atoms with Crippen molar-refractivity contribution in [3.05, 3.63) is 93.3 Å². The van der Waals surface area contributed by atoms with Gasteiger partial charge < -0.3 is 9.30 Å². The topological polar surface area (TPSA) is 95.0 Å². The van der Waals surface area contributed by atoms with Gasteiger partial charge in [0, 0.05) is 18.3 Å². The third kappa shape index (κ3) is 4.68. The van der Waals surface area contributed by atoms with Crippen molar-refractivity contribution in [3.8, 4) is 0 Å². The normalized spacial score (nSPS) is 12.2. The van der Waals surface area contributed by atoms with Gasteiger partial charge in [-0.2, -0.15) is 4.99 Å². The number of hydrogen-bond donors (Lipinski definition) is 0. The second kappa shape index (κ2) is 9.89. The second-order valence-electron chi connectivity index (χ2n) is 8.30. The van der Waals surface area contributed by atoms with Crippen molar-refractivity contribution in [3.63, 3.8) is 0 Å². The van der Waals surface area contributed by atoms with E-state index in [1.165, 1.54) is 16.5 Å². The zero-order chi connectivity index (χ0) is 25.1. The van der Waals surface area contributed by atoms with Crippen LogP contribution in [0, 0.1) is 6.92 Å². The van der Waals surface area contributed by atoms with E-state index in [0.29, 0.717) is 11.3 Å². The van der Waals surface area contributed by atoms with Crippen molar-refractivity contribution < 1.29 is 14.3 Å². The molecule has 0 aliphatic heterocycles. The molecular weight excluding hydrogens is 444 g/mol. The Kier molecular flexibility index (Phi) is 6.73. The first-order chi connectivity index (χ1) is 16.8. The summed E-state index contributed by atoms with van der Waals surface area (Å²) in [6.45, 7) is 7.43. The molecule has 0 unspecified atom stereocenters. The molecule has 8 heteroatoms. The zero-order valence-corrected chi connectivity index (χ0v) is 20.1. The summed E-state index contributed by atoms with van der Waals surface area (Å²) in [6.07, 6.45) is 4.63. The molecule has 8 nitrogen and oxygen atoms in total. The van der Waals surface area contributed by atoms with E-state index in [1.807, 2.05) is 57.2 Å². The van der Waals surface area contributed by atoms with Crippen LogP contribution in [0.2, 0.25) is 0 Å². The van der Waals surface area contributed by atoms with E-state index in [1.54, 1.807) is 29.8 Å². The summed E-state index contributed by atoms with van der Waals surface area (Å²) in [7, 11) is 0. The van der Waals surface area contributed by atoms with Crippen molar-refractivity contribution in [1.82, 2.24) is 14.0 Å². The lowest BCUT2D eigenvalue weighted by Gasteiger charge is -2.18. The van der Waals surface area contributed by atoms with Gasteiger partial charge in [0.1, 0.15) is 16.9 Å². The van der Waals surface area contributed by atoms with Gasteiger partial charge in [-0.1, -0.05) is 36.4 Å². The van der Waals surface area contributed by atoms with Crippen LogP contribution in [-0.4, -0.2) is 32.4 Å². The van der Waals surface area contributed by atoms with Gasteiger partial charge in [-0.15, -0.1) is 0 Å². The molecule has 0 bridgehead atoms. The lowest BCUT2D eigenvalue weighted by atomic mass is 10.1. The smallest absolute Gasteiger partial charge is 0.341 e. The average molecular weight is 471 g/mol. The number of carbonyl (C=O) groups excluding carboxylic acids is 2. The number of pyridine rings is 2. The Morgan fingerprint density at radius 1 is 1.11 bits per heavy atom. The third-order valence-corrected chi connectivity index (χ3v) is 5.50. The van der Waals surface area contributed by atoms with Gasteiger partial charge in [0.05, 0.1) is 12.0 Å². The van der Waals surface area contributed by atoms with Crippen LogP contribution >= 0.6 is 0 Å². The number of nitrogens with zero attached hydrogens (tertiary/aromatic N) is 4. The predicted octanol–water partition coefficient (Wildman–Crippen LogP) is 3.86. The second-order valence-corrected chi connectivity index (χ2v) is 8.30. The Morgan fingerprint density at radius 2 is 1.86 bits per heavy atom. The summed E-state index contributed by atoms with van der Waals surface area (Å²) in [5, 5.41) is 0.232. The highest BCUT2D eigenvalue weighted by molar-refractivity contribution is 5.96. The first kappa shape index (κ1) is 23.8. The molecule has 0 radical (unpaired) electrons. The highest BCUT2D eigenvalue weighted by Crippen LogP contribution is 2.16. The lowest BCUT2D eigenvalue weighted by molar-refractivity contribution is -0.113. The lowest BCUT2D eigenvalue weighted by Crippen LogP contribution is -2.33. The third-order valence-electron chi connectivity index (χ3n) is 5.50. The minimum Gasteiger partial charge on any atom is -0.462 e. The van der Waals surface area contributed by atoms with Crippen molar-refractivity contribution in [2.24, 2.45) is 4.99 Å². The van der Waals surface area contributed by atoms with Gasteiger partial charge >= 0.3 is 5.97 Å². The first-order valence-corrected chi connectivity index (χ1v) is 11.4. The number of aromatic nitrogens is 3. The Morgan fingerprint density at radius 3 is 2.54 bits per heavy atom. The molecule has 35 heavy (non-hydrogen) atoms. The molecule has 1 amide bonds. The largest absolute Gasteiger partial charge is 0.462 e. The molecule has 0 saturated carbocycles. The van der Waals surface area contributed by atoms with Crippen LogP contribution in [-0.2, 0) is 9.53 Å². The van der Waals surface area contributed by atoms with Crippen LogP contribution in [0.1, 0.15) is 48.3 Å². The number of hydrogen-bond acceptors (Lipinski definition) is 5. The summed E-state index contributed by atoms with van der Waals surface area (Å²) >= 11 is 0. The van der Waals surface area contributed by atoms with Gasteiger partial charge in [-0.25, -0.2) is 9.78 Å². The summed E-state index contributed by atoms with van der Waals surface area (Å²) in [5.74, 6) is -1.22. The fourth-order valence-corrected chi connectivity index (χ4v) is 3.88. The van der Waals surface area contributed by atoms with Crippen LogP contribution in [0.15, 0.2) is 70.6 Å². The number of esters is 1. The van der Waals surface area contributed by atoms with Gasteiger partial charge in [0.2, 0.25) is 0 Å². The molecule has 0 aliphatic carbocycles. The Bertz CT molecular complexity index is 1600. The monoisotopic (exact) mass is 470 g/mol. The molecule has 0 spiro atoms. The van der Waals surface area contributed by atoms with E-state index in [-0.39, 0.29) is 34.6 Å². The minimum absolute atomic E-state index is 0.0287. The molecule has 0 fully saturated rings. The summed E-state index contributed by atoms with van der Waals surface area (Å²) in [4.78, 5) is 48.2. The van der Waals surface area contributed by atoms with Crippen LogP contribution in [0.3, 0.4) is 0 Å². The van der Waals surface area contributed by atoms with Crippen LogP contribution in [0.25, 0.3) is 22.8 Å². The van der Waals surface area contributed by atoms with E-state index in [2.05, 4.69) is 4.99 Å². The first-order valence-electron chi connectivity index (χ1n) is 11.4. The van der Waals surface area contributed by atoms with Crippen LogP contribution in [0.5, 0.6) is 0 Å². The van der Waals surface area contributed by atoms with Gasteiger partial charge in [0.15, 0.2) is 5.49 Å². The number of amides is 1. The highest BCUT2D eigenvalue weighted by atomic mass is 16.5. The zero-order valence-electron chi connectivity index (χ0n) is 20.1. The van der Waals surface area contributed by atoms with Gasteiger partial charge in [-0.3, -0.25) is 14.0 Å². The number of carbonyl (C=O) groups is 2. The Balaban J connectivity index is 2.06. The number of rotatable bonds is 5. The number of fused-ring (bicyclic) bond motifs is 2. The molecule has 1 aromatic carbocycles. The molecule has 0 N–H and O–H groups in total. The molecule has 4 rings (SSSR count). The van der Waals surface area contributed by atoms with Gasteiger partial charge in [0.25, 0.3) is 11.5 Å². The summed E-state index contributed by atoms with van der Waals surface area (Å²) in [6, 6.07) is 14.1. The maximum absolute atomic E-state index is 13.4. The minimum atomic E-state index is -0.670. The average Bonchev–Trinajstić information content (AvgIpc) is 2.84. The fraction of sp³-hybridized carbons (Fsp3) is 0.222. The molecule has 3 aromatic heterocycles. The molecule has 0 aliphatic rings. The maximum Gasteiger partial charge on any atom is 0.341 e. The standard InChI is InChI=1S/C27H26N4O4/c1-5-35-27(34)21-16-20-24(29-23-18(4)10-9-15-30(23)26(20)33)31(17(2)3)25(21)28-22(32)14-13-19-11-7-6-8-12-19/h6-17H,5H2,1-4H3. The van der Waals surface area contributed by atoms with Crippen LogP contribution in [0.4, 0.5) is 0 Å². The SMILES string of the molecule is CCOC(=O)c1cc2c(=O)n3cccc(C)c3nc2n(C(C)C)c1=NC(=O)C=Cc1ccccc1. The molecule has 0 atom stereocenters. The molecule has 178 valence electrons. The quantitative estimate of drug-likeness (QED) is 0.251. The summed E-state index contributed by atoms with van der Waals surface area (Å²) in [5.41, 5.74) is 2.29. The van der Waals surface area contributed by atoms with E-state index in [9.17, 15) is 14.4 Å². The summed E-state index contributed by atoms with van der Waals surface area (Å²) < 4.78 is 8.33. The molecule has 0 saturated heterocycles. The van der Waals surface area contributed by atoms with E-state index < -0.39 is 11.9 Å². The fourth-order valence-electron chi connectivity index (χ4n) is 3.88. The van der Waals surface area contributed by atoms with Crippen LogP contribution < -0.4 is 11.0 Å². The maximum atomic E-state index is 13.4. The molecule has 3 heterocycles. The predicted molar refractivity (Wildman–Crippen MR) is 134 cm³/mol. The van der Waals surface area contributed by atoms with Crippen molar-refractivity contribution in [2.75, 3.05) is 6.61 Å². The molecule has 4 aromatic rings. The van der Waals surface area contributed by atoms with Gasteiger partial charge in [-0.05, 0) is 57.0 Å². The van der Waals surface area contributed by atoms with E-state index >= 15 is 0 Å². The van der Waals surface area contributed by atoms with Crippen molar-refractivity contribution in [1.29, 1.82) is 0 Å².